The van der Waals surface area contributed by atoms with Crippen LogP contribution in [-0.2, 0) is 20.7 Å². The maximum absolute atomic E-state index is 12.7. The lowest BCUT2D eigenvalue weighted by molar-refractivity contribution is -0.136. The average molecular weight is 459 g/mol. The van der Waals surface area contributed by atoms with E-state index in [0.29, 0.717) is 44.0 Å². The minimum atomic E-state index is -0.602. The van der Waals surface area contributed by atoms with Crippen LogP contribution in [0.1, 0.15) is 44.9 Å². The number of amides is 3. The first kappa shape index (κ1) is 24.6. The average Bonchev–Trinajstić information content (AvgIpc) is 2.77. The highest BCUT2D eigenvalue weighted by Crippen LogP contribution is 2.28. The van der Waals surface area contributed by atoms with Gasteiger partial charge in [0.1, 0.15) is 5.60 Å². The van der Waals surface area contributed by atoms with E-state index in [1.54, 1.807) is 4.90 Å². The number of nitrogens with one attached hydrogen (secondary N) is 2. The van der Waals surface area contributed by atoms with E-state index < -0.39 is 17.6 Å². The van der Waals surface area contributed by atoms with Gasteiger partial charge < -0.3 is 25.0 Å². The Labute approximate surface area is 195 Å². The van der Waals surface area contributed by atoms with E-state index in [1.165, 1.54) is 12.7 Å². The number of carbonyl (C=O) groups is 3. The van der Waals surface area contributed by atoms with Crippen molar-refractivity contribution in [1.82, 2.24) is 20.4 Å². The lowest BCUT2D eigenvalue weighted by Gasteiger charge is -2.37. The number of methoxy groups -OCH3 is 1. The standard InChI is InChI=1S/C24H34N4O5/c1-6-16-7-9-17(10-8-16)20-19(21(29)32-5)18(25-22(30)26-20)15-27-11-13-28(14-12-27)23(31)33-24(2,3)4/h7-10,20H,6,11-15H2,1-5H3,(H2,25,26,30)/t20-/m1/s1. The Morgan fingerprint density at radius 3 is 2.27 bits per heavy atom. The van der Waals surface area contributed by atoms with Crippen LogP contribution in [0.5, 0.6) is 0 Å². The zero-order chi connectivity index (χ0) is 24.2. The molecule has 0 unspecified atom stereocenters. The predicted octanol–water partition coefficient (Wildman–Crippen LogP) is 2.58. The molecule has 1 atom stereocenters. The number of hydrogen-bond acceptors (Lipinski definition) is 6. The fourth-order valence-electron chi connectivity index (χ4n) is 3.93. The van der Waals surface area contributed by atoms with Gasteiger partial charge in [-0.05, 0) is 38.3 Å². The van der Waals surface area contributed by atoms with Crippen molar-refractivity contribution < 1.29 is 23.9 Å². The summed E-state index contributed by atoms with van der Waals surface area (Å²) >= 11 is 0. The molecule has 180 valence electrons. The van der Waals surface area contributed by atoms with Crippen LogP contribution >= 0.6 is 0 Å². The SMILES string of the molecule is CCc1ccc([C@H]2NC(=O)NC(CN3CCN(C(=O)OC(C)(C)C)CC3)=C2C(=O)OC)cc1. The van der Waals surface area contributed by atoms with Gasteiger partial charge in [0, 0.05) is 38.4 Å². The van der Waals surface area contributed by atoms with E-state index in [0.717, 1.165) is 12.0 Å². The highest BCUT2D eigenvalue weighted by Gasteiger charge is 2.35. The lowest BCUT2D eigenvalue weighted by atomic mass is 9.94. The zero-order valence-electron chi connectivity index (χ0n) is 20.1. The Morgan fingerprint density at radius 2 is 1.73 bits per heavy atom. The molecule has 0 aliphatic carbocycles. The highest BCUT2D eigenvalue weighted by molar-refractivity contribution is 5.95. The number of esters is 1. The van der Waals surface area contributed by atoms with Gasteiger partial charge >= 0.3 is 18.1 Å². The van der Waals surface area contributed by atoms with E-state index >= 15 is 0 Å². The molecule has 3 amide bonds. The quantitative estimate of drug-likeness (QED) is 0.658. The van der Waals surface area contributed by atoms with Crippen molar-refractivity contribution in [2.24, 2.45) is 0 Å². The predicted molar refractivity (Wildman–Crippen MR) is 124 cm³/mol. The number of urea groups is 1. The third-order valence-electron chi connectivity index (χ3n) is 5.69. The molecule has 0 radical (unpaired) electrons. The fourth-order valence-corrected chi connectivity index (χ4v) is 3.93. The van der Waals surface area contributed by atoms with Gasteiger partial charge in [-0.1, -0.05) is 31.2 Å². The zero-order valence-corrected chi connectivity index (χ0v) is 20.1. The summed E-state index contributed by atoms with van der Waals surface area (Å²) < 4.78 is 10.5. The normalized spacial score (nSPS) is 19.6. The first-order chi connectivity index (χ1) is 15.6. The number of benzene rings is 1. The van der Waals surface area contributed by atoms with E-state index in [9.17, 15) is 14.4 Å². The molecule has 9 nitrogen and oxygen atoms in total. The monoisotopic (exact) mass is 458 g/mol. The molecule has 9 heteroatoms. The van der Waals surface area contributed by atoms with Crippen LogP contribution in [0.3, 0.4) is 0 Å². The number of carbonyl (C=O) groups excluding carboxylic acids is 3. The maximum Gasteiger partial charge on any atom is 0.410 e. The molecule has 0 saturated carbocycles. The van der Waals surface area contributed by atoms with Gasteiger partial charge in [-0.3, -0.25) is 4.90 Å². The minimum absolute atomic E-state index is 0.331. The van der Waals surface area contributed by atoms with Crippen molar-refractivity contribution in [3.8, 4) is 0 Å². The number of rotatable bonds is 5. The Bertz CT molecular complexity index is 912. The molecular formula is C24H34N4O5. The number of ether oxygens (including phenoxy) is 2. The highest BCUT2D eigenvalue weighted by atomic mass is 16.6. The molecule has 1 aromatic carbocycles. The number of aryl methyl sites for hydroxylation is 1. The summed E-state index contributed by atoms with van der Waals surface area (Å²) in [5.41, 5.74) is 2.34. The Balaban J connectivity index is 1.77. The molecule has 2 aliphatic rings. The summed E-state index contributed by atoms with van der Waals surface area (Å²) in [4.78, 5) is 41.3. The first-order valence-corrected chi connectivity index (χ1v) is 11.3. The molecule has 0 spiro atoms. The van der Waals surface area contributed by atoms with Crippen LogP contribution in [0, 0.1) is 0 Å². The van der Waals surface area contributed by atoms with Gasteiger partial charge in [-0.15, -0.1) is 0 Å². The van der Waals surface area contributed by atoms with Crippen molar-refractivity contribution in [3.63, 3.8) is 0 Å². The lowest BCUT2D eigenvalue weighted by Crippen LogP contribution is -2.53. The molecule has 0 aromatic heterocycles. The van der Waals surface area contributed by atoms with Crippen molar-refractivity contribution in [3.05, 3.63) is 46.7 Å². The Morgan fingerprint density at radius 1 is 1.09 bits per heavy atom. The number of hydrogen-bond donors (Lipinski definition) is 2. The van der Waals surface area contributed by atoms with Gasteiger partial charge in [0.2, 0.25) is 0 Å². The van der Waals surface area contributed by atoms with E-state index in [1.807, 2.05) is 45.0 Å². The molecular weight excluding hydrogens is 424 g/mol. The van der Waals surface area contributed by atoms with Crippen LogP contribution in [0.4, 0.5) is 9.59 Å². The van der Waals surface area contributed by atoms with Crippen molar-refractivity contribution in [1.29, 1.82) is 0 Å². The molecule has 3 rings (SSSR count). The number of piperazine rings is 1. The van der Waals surface area contributed by atoms with E-state index in [4.69, 9.17) is 9.47 Å². The topological polar surface area (TPSA) is 100 Å². The summed E-state index contributed by atoms with van der Waals surface area (Å²) in [5, 5.41) is 5.65. The summed E-state index contributed by atoms with van der Waals surface area (Å²) in [6, 6.07) is 6.87. The Kier molecular flexibility index (Phi) is 7.63. The third-order valence-corrected chi connectivity index (χ3v) is 5.69. The molecule has 1 fully saturated rings. The number of nitrogens with zero attached hydrogens (tertiary/aromatic N) is 2. The van der Waals surface area contributed by atoms with Gasteiger partial charge in [0.25, 0.3) is 0 Å². The van der Waals surface area contributed by atoms with Gasteiger partial charge in [-0.25, -0.2) is 14.4 Å². The van der Waals surface area contributed by atoms with E-state index in [-0.39, 0.29) is 12.1 Å². The summed E-state index contributed by atoms with van der Waals surface area (Å²) in [6.07, 6.45) is 0.571. The third kappa shape index (κ3) is 6.25. The second-order valence-electron chi connectivity index (χ2n) is 9.25. The first-order valence-electron chi connectivity index (χ1n) is 11.3. The van der Waals surface area contributed by atoms with Crippen LogP contribution in [0.15, 0.2) is 35.5 Å². The smallest absolute Gasteiger partial charge is 0.410 e. The van der Waals surface area contributed by atoms with Crippen LogP contribution in [-0.4, -0.2) is 73.3 Å². The molecule has 0 bridgehead atoms. The Hall–Kier alpha value is -3.07. The van der Waals surface area contributed by atoms with Crippen LogP contribution < -0.4 is 10.6 Å². The van der Waals surface area contributed by atoms with Gasteiger partial charge in [0.05, 0.1) is 18.7 Å². The van der Waals surface area contributed by atoms with Crippen molar-refractivity contribution >= 4 is 18.1 Å². The molecule has 2 aliphatic heterocycles. The second kappa shape index (κ2) is 10.2. The molecule has 33 heavy (non-hydrogen) atoms. The van der Waals surface area contributed by atoms with Crippen LogP contribution in [0.25, 0.3) is 0 Å². The summed E-state index contributed by atoms with van der Waals surface area (Å²) in [6.45, 7) is 10.2. The fraction of sp³-hybridized carbons (Fsp3) is 0.542. The molecule has 1 saturated heterocycles. The van der Waals surface area contributed by atoms with Gasteiger partial charge in [0.15, 0.2) is 0 Å². The summed E-state index contributed by atoms with van der Waals surface area (Å²) in [7, 11) is 1.33. The summed E-state index contributed by atoms with van der Waals surface area (Å²) in [5.74, 6) is -0.491. The van der Waals surface area contributed by atoms with E-state index in [2.05, 4.69) is 22.5 Å². The molecule has 2 heterocycles. The van der Waals surface area contributed by atoms with Crippen molar-refractivity contribution in [2.45, 2.75) is 45.8 Å². The van der Waals surface area contributed by atoms with Gasteiger partial charge in [-0.2, -0.15) is 0 Å². The minimum Gasteiger partial charge on any atom is -0.466 e. The van der Waals surface area contributed by atoms with Crippen molar-refractivity contribution in [2.75, 3.05) is 39.8 Å². The van der Waals surface area contributed by atoms with Crippen LogP contribution in [0.2, 0.25) is 0 Å². The molecule has 1 aromatic rings. The second-order valence-corrected chi connectivity index (χ2v) is 9.25. The molecule has 2 N–H and O–H groups in total. The maximum atomic E-state index is 12.7. The largest absolute Gasteiger partial charge is 0.466 e.